The zero-order valence-electron chi connectivity index (χ0n) is 7.74. The summed E-state index contributed by atoms with van der Waals surface area (Å²) in [5, 5.41) is 8.66. The van der Waals surface area contributed by atoms with Gasteiger partial charge in [0.25, 0.3) is 0 Å². The third-order valence-electron chi connectivity index (χ3n) is 1.13. The topological polar surface area (TPSA) is 54.4 Å². The van der Waals surface area contributed by atoms with Gasteiger partial charge in [0.1, 0.15) is 12.2 Å². The predicted molar refractivity (Wildman–Crippen MR) is 54.4 cm³/mol. The van der Waals surface area contributed by atoms with E-state index in [1.54, 1.807) is 0 Å². The van der Waals surface area contributed by atoms with Crippen LogP contribution in [0, 0.1) is 0 Å². The molecule has 0 spiro atoms. The summed E-state index contributed by atoms with van der Waals surface area (Å²) in [5.41, 5.74) is 0. The van der Waals surface area contributed by atoms with Crippen LogP contribution in [0.2, 0.25) is 5.02 Å². The SMILES string of the molecule is CC(=O)CC(=O)O.Clc1ccccc1. The average Bonchev–Trinajstić information content (AvgIpc) is 2.03. The van der Waals surface area contributed by atoms with Gasteiger partial charge in [0, 0.05) is 5.02 Å². The number of hydrogen-bond acceptors (Lipinski definition) is 2. The monoisotopic (exact) mass is 214 g/mol. The molecule has 1 rings (SSSR count). The van der Waals surface area contributed by atoms with Crippen molar-refractivity contribution in [2.24, 2.45) is 0 Å². The first-order valence-corrected chi connectivity index (χ1v) is 4.32. The Bertz CT molecular complexity index is 283. The summed E-state index contributed by atoms with van der Waals surface area (Å²) in [6, 6.07) is 9.44. The molecule has 1 aromatic carbocycles. The van der Waals surface area contributed by atoms with Gasteiger partial charge >= 0.3 is 5.97 Å². The first-order chi connectivity index (χ1) is 6.52. The van der Waals surface area contributed by atoms with Crippen LogP contribution in [-0.2, 0) is 9.59 Å². The molecule has 0 fully saturated rings. The number of carboxylic acid groups (broad SMARTS) is 1. The van der Waals surface area contributed by atoms with E-state index in [-0.39, 0.29) is 12.2 Å². The van der Waals surface area contributed by atoms with Gasteiger partial charge in [-0.1, -0.05) is 29.8 Å². The molecule has 0 aliphatic heterocycles. The number of aliphatic carboxylic acids is 1. The van der Waals surface area contributed by atoms with E-state index in [1.165, 1.54) is 6.92 Å². The lowest BCUT2D eigenvalue weighted by atomic mass is 10.3. The molecule has 1 N–H and O–H groups in total. The van der Waals surface area contributed by atoms with Crippen LogP contribution in [0.3, 0.4) is 0 Å². The van der Waals surface area contributed by atoms with Crippen molar-refractivity contribution in [3.05, 3.63) is 35.4 Å². The second-order valence-corrected chi connectivity index (χ2v) is 3.00. The first kappa shape index (κ1) is 12.7. The van der Waals surface area contributed by atoms with Crippen molar-refractivity contribution in [2.75, 3.05) is 0 Å². The quantitative estimate of drug-likeness (QED) is 0.770. The molecular formula is C10H11ClO3. The normalized spacial score (nSPS) is 8.43. The molecule has 0 aliphatic carbocycles. The smallest absolute Gasteiger partial charge is 0.310 e. The maximum atomic E-state index is 9.87. The maximum Gasteiger partial charge on any atom is 0.310 e. The summed E-state index contributed by atoms with van der Waals surface area (Å²) in [5.74, 6) is -1.37. The van der Waals surface area contributed by atoms with Gasteiger partial charge in [-0.15, -0.1) is 0 Å². The summed E-state index contributed by atoms with van der Waals surface area (Å²) in [4.78, 5) is 19.5. The Morgan fingerprint density at radius 3 is 1.93 bits per heavy atom. The molecule has 0 saturated heterocycles. The van der Waals surface area contributed by atoms with Gasteiger partial charge in [0.15, 0.2) is 0 Å². The number of halogens is 1. The van der Waals surface area contributed by atoms with Gasteiger partial charge in [-0.05, 0) is 19.1 Å². The fourth-order valence-electron chi connectivity index (χ4n) is 0.628. The van der Waals surface area contributed by atoms with Crippen molar-refractivity contribution in [2.45, 2.75) is 13.3 Å². The Kier molecular flexibility index (Phi) is 6.41. The van der Waals surface area contributed by atoms with Gasteiger partial charge < -0.3 is 5.11 Å². The minimum atomic E-state index is -1.06. The molecule has 4 heteroatoms. The van der Waals surface area contributed by atoms with E-state index in [0.717, 1.165) is 5.02 Å². The fraction of sp³-hybridized carbons (Fsp3) is 0.200. The molecule has 0 aliphatic rings. The van der Waals surface area contributed by atoms with Crippen LogP contribution in [-0.4, -0.2) is 16.9 Å². The standard InChI is InChI=1S/C6H5Cl.C4H6O3/c7-6-4-2-1-3-5-6;1-3(5)2-4(6)7/h1-5H;2H2,1H3,(H,6,7). The molecule has 0 saturated carbocycles. The van der Waals surface area contributed by atoms with E-state index in [1.807, 2.05) is 30.3 Å². The van der Waals surface area contributed by atoms with E-state index < -0.39 is 5.97 Å². The van der Waals surface area contributed by atoms with E-state index in [4.69, 9.17) is 16.7 Å². The number of carboxylic acids is 1. The van der Waals surface area contributed by atoms with Crippen LogP contribution in [0.1, 0.15) is 13.3 Å². The number of carbonyl (C=O) groups is 2. The summed E-state index contributed by atoms with van der Waals surface area (Å²) in [7, 11) is 0. The number of hydrogen-bond donors (Lipinski definition) is 1. The van der Waals surface area contributed by atoms with E-state index in [9.17, 15) is 9.59 Å². The zero-order valence-corrected chi connectivity index (χ0v) is 8.49. The number of benzene rings is 1. The first-order valence-electron chi connectivity index (χ1n) is 3.94. The maximum absolute atomic E-state index is 9.87. The summed E-state index contributed by atoms with van der Waals surface area (Å²) < 4.78 is 0. The highest BCUT2D eigenvalue weighted by Gasteiger charge is 1.98. The minimum Gasteiger partial charge on any atom is -0.481 e. The lowest BCUT2D eigenvalue weighted by Crippen LogP contribution is -2.00. The molecular weight excluding hydrogens is 204 g/mol. The largest absolute Gasteiger partial charge is 0.481 e. The minimum absolute atomic E-state index is 0.312. The highest BCUT2D eigenvalue weighted by atomic mass is 35.5. The number of rotatable bonds is 2. The molecule has 0 unspecified atom stereocenters. The Morgan fingerprint density at radius 1 is 1.29 bits per heavy atom. The fourth-order valence-corrected chi connectivity index (χ4v) is 0.773. The van der Waals surface area contributed by atoms with E-state index in [2.05, 4.69) is 0 Å². The van der Waals surface area contributed by atoms with Crippen LogP contribution in [0.15, 0.2) is 30.3 Å². The average molecular weight is 215 g/mol. The molecule has 1 aromatic rings. The molecule has 0 atom stereocenters. The van der Waals surface area contributed by atoms with E-state index >= 15 is 0 Å². The Hall–Kier alpha value is -1.35. The summed E-state index contributed by atoms with van der Waals surface area (Å²) in [6.45, 7) is 1.24. The number of ketones is 1. The third kappa shape index (κ3) is 8.74. The van der Waals surface area contributed by atoms with Gasteiger partial charge in [-0.2, -0.15) is 0 Å². The highest BCUT2D eigenvalue weighted by molar-refractivity contribution is 6.30. The van der Waals surface area contributed by atoms with Crippen molar-refractivity contribution < 1.29 is 14.7 Å². The Labute approximate surface area is 87.3 Å². The highest BCUT2D eigenvalue weighted by Crippen LogP contribution is 2.03. The predicted octanol–water partition coefficient (Wildman–Crippen LogP) is 2.39. The Morgan fingerprint density at radius 2 is 1.79 bits per heavy atom. The molecule has 14 heavy (non-hydrogen) atoms. The number of Topliss-reactive ketones (excluding diaryl/α,β-unsaturated/α-hetero) is 1. The molecule has 0 aromatic heterocycles. The second-order valence-electron chi connectivity index (χ2n) is 2.57. The van der Waals surface area contributed by atoms with Gasteiger partial charge in [0.05, 0.1) is 0 Å². The number of carbonyl (C=O) groups excluding carboxylic acids is 1. The van der Waals surface area contributed by atoms with Crippen molar-refractivity contribution in [1.29, 1.82) is 0 Å². The van der Waals surface area contributed by atoms with Crippen LogP contribution in [0.25, 0.3) is 0 Å². The third-order valence-corrected chi connectivity index (χ3v) is 1.39. The van der Waals surface area contributed by atoms with Crippen molar-refractivity contribution in [1.82, 2.24) is 0 Å². The molecule has 3 nitrogen and oxygen atoms in total. The summed E-state index contributed by atoms with van der Waals surface area (Å²) in [6.07, 6.45) is -0.361. The lowest BCUT2D eigenvalue weighted by Gasteiger charge is -1.80. The van der Waals surface area contributed by atoms with Gasteiger partial charge in [0.2, 0.25) is 0 Å². The van der Waals surface area contributed by atoms with E-state index in [0.29, 0.717) is 0 Å². The molecule has 76 valence electrons. The Balaban J connectivity index is 0.000000241. The van der Waals surface area contributed by atoms with Crippen LogP contribution in [0.4, 0.5) is 0 Å². The van der Waals surface area contributed by atoms with Crippen molar-refractivity contribution in [3.63, 3.8) is 0 Å². The molecule has 0 radical (unpaired) electrons. The van der Waals surface area contributed by atoms with Crippen LogP contribution in [0.5, 0.6) is 0 Å². The van der Waals surface area contributed by atoms with Crippen LogP contribution >= 0.6 is 11.6 Å². The van der Waals surface area contributed by atoms with Crippen LogP contribution < -0.4 is 0 Å². The zero-order chi connectivity index (χ0) is 11.0. The lowest BCUT2D eigenvalue weighted by molar-refractivity contribution is -0.139. The second kappa shape index (κ2) is 7.09. The van der Waals surface area contributed by atoms with Crippen molar-refractivity contribution in [3.8, 4) is 0 Å². The molecule has 0 amide bonds. The van der Waals surface area contributed by atoms with Gasteiger partial charge in [-0.25, -0.2) is 0 Å². The molecule has 0 heterocycles. The molecule has 0 bridgehead atoms. The van der Waals surface area contributed by atoms with Crippen molar-refractivity contribution >= 4 is 23.4 Å². The summed E-state index contributed by atoms with van der Waals surface area (Å²) >= 11 is 5.54. The van der Waals surface area contributed by atoms with Gasteiger partial charge in [-0.3, -0.25) is 9.59 Å².